The standard InChI is InChI=1S/C20H22O6/c21-11-15-18-17(25-19(23-15)13-7-3-1-4-8-13)16(12-22)24-20(26-18)14-9-5-2-6-10-14/h1-10,15-22H,11-12H2/t15-,16+,17+,18-,19-,20-/m0/s1. The maximum atomic E-state index is 9.85. The molecule has 0 saturated carbocycles. The molecule has 2 N–H and O–H groups in total. The van der Waals surface area contributed by atoms with Gasteiger partial charge in [0, 0.05) is 11.1 Å². The van der Waals surface area contributed by atoms with Crippen LogP contribution in [0, 0.1) is 0 Å². The summed E-state index contributed by atoms with van der Waals surface area (Å²) in [4.78, 5) is 0. The molecule has 0 bridgehead atoms. The van der Waals surface area contributed by atoms with Gasteiger partial charge in [-0.15, -0.1) is 0 Å². The van der Waals surface area contributed by atoms with E-state index < -0.39 is 37.0 Å². The van der Waals surface area contributed by atoms with E-state index >= 15 is 0 Å². The Kier molecular flexibility index (Phi) is 5.31. The van der Waals surface area contributed by atoms with Crippen LogP contribution in [0.1, 0.15) is 23.7 Å². The largest absolute Gasteiger partial charge is 0.394 e. The molecule has 138 valence electrons. The van der Waals surface area contributed by atoms with Crippen LogP contribution in [0.15, 0.2) is 60.7 Å². The van der Waals surface area contributed by atoms with E-state index in [0.717, 1.165) is 11.1 Å². The van der Waals surface area contributed by atoms with Crippen LogP contribution >= 0.6 is 0 Å². The Bertz CT molecular complexity index is 632. The van der Waals surface area contributed by atoms with E-state index in [1.165, 1.54) is 0 Å². The highest BCUT2D eigenvalue weighted by molar-refractivity contribution is 5.18. The van der Waals surface area contributed by atoms with E-state index in [-0.39, 0.29) is 13.2 Å². The quantitative estimate of drug-likeness (QED) is 0.870. The molecule has 0 radical (unpaired) electrons. The fourth-order valence-electron chi connectivity index (χ4n) is 3.40. The average molecular weight is 358 g/mol. The van der Waals surface area contributed by atoms with Crippen LogP contribution in [0.5, 0.6) is 0 Å². The first-order valence-electron chi connectivity index (χ1n) is 8.73. The molecule has 2 aliphatic heterocycles. The van der Waals surface area contributed by atoms with Crippen molar-refractivity contribution in [3.8, 4) is 0 Å². The van der Waals surface area contributed by atoms with Crippen LogP contribution in [0.2, 0.25) is 0 Å². The molecule has 6 heteroatoms. The van der Waals surface area contributed by atoms with E-state index in [4.69, 9.17) is 18.9 Å². The SMILES string of the molecule is OC[C@@H]1O[C@H](c2ccccc2)O[C@H]2[C@H]1O[C@@H](c1ccccc1)O[C@@H]2CO. The van der Waals surface area contributed by atoms with Gasteiger partial charge in [-0.05, 0) is 0 Å². The average Bonchev–Trinajstić information content (AvgIpc) is 2.73. The first kappa shape index (κ1) is 17.6. The summed E-state index contributed by atoms with van der Waals surface area (Å²) in [5, 5.41) is 19.7. The van der Waals surface area contributed by atoms with E-state index in [1.54, 1.807) is 0 Å². The fraction of sp³-hybridized carbons (Fsp3) is 0.400. The monoisotopic (exact) mass is 358 g/mol. The molecule has 2 aromatic carbocycles. The Morgan fingerprint density at radius 2 is 0.962 bits per heavy atom. The molecule has 6 atom stereocenters. The molecule has 4 rings (SSSR count). The highest BCUT2D eigenvalue weighted by Crippen LogP contribution is 2.40. The number of rotatable bonds is 4. The predicted molar refractivity (Wildman–Crippen MR) is 92.0 cm³/mol. The molecule has 0 aromatic heterocycles. The number of hydrogen-bond donors (Lipinski definition) is 2. The summed E-state index contributed by atoms with van der Waals surface area (Å²) in [6.07, 6.45) is -3.55. The van der Waals surface area contributed by atoms with Gasteiger partial charge < -0.3 is 29.2 Å². The van der Waals surface area contributed by atoms with E-state index in [9.17, 15) is 10.2 Å². The number of aliphatic hydroxyl groups is 2. The fourth-order valence-corrected chi connectivity index (χ4v) is 3.40. The Morgan fingerprint density at radius 3 is 1.31 bits per heavy atom. The molecule has 0 unspecified atom stereocenters. The van der Waals surface area contributed by atoms with Crippen molar-refractivity contribution in [1.29, 1.82) is 0 Å². The summed E-state index contributed by atoms with van der Waals surface area (Å²) in [5.41, 5.74) is 1.68. The lowest BCUT2D eigenvalue weighted by Gasteiger charge is -2.48. The lowest BCUT2D eigenvalue weighted by molar-refractivity contribution is -0.387. The van der Waals surface area contributed by atoms with Crippen molar-refractivity contribution in [3.05, 3.63) is 71.8 Å². The summed E-state index contributed by atoms with van der Waals surface area (Å²) in [5.74, 6) is 0. The topological polar surface area (TPSA) is 77.4 Å². The highest BCUT2D eigenvalue weighted by Gasteiger charge is 2.49. The second kappa shape index (κ2) is 7.84. The molecular formula is C20H22O6. The minimum atomic E-state index is -0.649. The first-order chi connectivity index (χ1) is 12.8. The molecular weight excluding hydrogens is 336 g/mol. The molecule has 2 aliphatic rings. The van der Waals surface area contributed by atoms with E-state index in [1.807, 2.05) is 60.7 Å². The summed E-state index contributed by atoms with van der Waals surface area (Å²) in [7, 11) is 0. The second-order valence-corrected chi connectivity index (χ2v) is 6.40. The maximum absolute atomic E-state index is 9.85. The third-order valence-corrected chi connectivity index (χ3v) is 4.72. The zero-order valence-corrected chi connectivity index (χ0v) is 14.2. The Balaban J connectivity index is 1.59. The maximum Gasteiger partial charge on any atom is 0.184 e. The Labute approximate surface area is 151 Å². The van der Waals surface area contributed by atoms with Gasteiger partial charge in [0.15, 0.2) is 12.6 Å². The van der Waals surface area contributed by atoms with Crippen molar-refractivity contribution < 1.29 is 29.2 Å². The molecule has 6 nitrogen and oxygen atoms in total. The summed E-state index contributed by atoms with van der Waals surface area (Å²) < 4.78 is 24.0. The van der Waals surface area contributed by atoms with Gasteiger partial charge in [-0.3, -0.25) is 0 Å². The number of benzene rings is 2. The summed E-state index contributed by atoms with van der Waals surface area (Å²) >= 11 is 0. The van der Waals surface area contributed by atoms with Gasteiger partial charge in [-0.1, -0.05) is 60.7 Å². The van der Waals surface area contributed by atoms with Crippen LogP contribution in [0.3, 0.4) is 0 Å². The van der Waals surface area contributed by atoms with E-state index in [2.05, 4.69) is 0 Å². The molecule has 0 amide bonds. The van der Waals surface area contributed by atoms with Crippen LogP contribution < -0.4 is 0 Å². The van der Waals surface area contributed by atoms with E-state index in [0.29, 0.717) is 0 Å². The second-order valence-electron chi connectivity index (χ2n) is 6.40. The Hall–Kier alpha value is -1.80. The third kappa shape index (κ3) is 3.40. The van der Waals surface area contributed by atoms with Gasteiger partial charge in [0.25, 0.3) is 0 Å². The molecule has 0 aliphatic carbocycles. The normalized spacial score (nSPS) is 34.2. The van der Waals surface area contributed by atoms with Gasteiger partial charge in [-0.2, -0.15) is 0 Å². The van der Waals surface area contributed by atoms with Crippen molar-refractivity contribution >= 4 is 0 Å². The first-order valence-corrected chi connectivity index (χ1v) is 8.73. The predicted octanol–water partition coefficient (Wildman–Crippen LogP) is 1.94. The molecule has 2 fully saturated rings. The molecule has 26 heavy (non-hydrogen) atoms. The van der Waals surface area contributed by atoms with Crippen molar-refractivity contribution in [2.24, 2.45) is 0 Å². The zero-order chi connectivity index (χ0) is 17.9. The van der Waals surface area contributed by atoms with Gasteiger partial charge in [0.2, 0.25) is 0 Å². The Morgan fingerprint density at radius 1 is 0.577 bits per heavy atom. The van der Waals surface area contributed by atoms with Gasteiger partial charge in [-0.25, -0.2) is 0 Å². The number of fused-ring (bicyclic) bond motifs is 1. The summed E-state index contributed by atoms with van der Waals surface area (Å²) in [6.45, 7) is -0.430. The summed E-state index contributed by atoms with van der Waals surface area (Å²) in [6, 6.07) is 19.0. The third-order valence-electron chi connectivity index (χ3n) is 4.72. The molecule has 2 aromatic rings. The zero-order valence-electron chi connectivity index (χ0n) is 14.2. The molecule has 2 heterocycles. The van der Waals surface area contributed by atoms with Crippen LogP contribution in [0.4, 0.5) is 0 Å². The molecule has 0 spiro atoms. The number of ether oxygens (including phenoxy) is 4. The lowest BCUT2D eigenvalue weighted by atomic mass is 9.99. The van der Waals surface area contributed by atoms with Crippen molar-refractivity contribution in [2.45, 2.75) is 37.0 Å². The van der Waals surface area contributed by atoms with Crippen molar-refractivity contribution in [2.75, 3.05) is 13.2 Å². The smallest absolute Gasteiger partial charge is 0.184 e. The van der Waals surface area contributed by atoms with Gasteiger partial charge in [0.1, 0.15) is 24.4 Å². The van der Waals surface area contributed by atoms with Crippen molar-refractivity contribution in [1.82, 2.24) is 0 Å². The van der Waals surface area contributed by atoms with Crippen molar-refractivity contribution in [3.63, 3.8) is 0 Å². The highest BCUT2D eigenvalue weighted by atomic mass is 16.8. The van der Waals surface area contributed by atoms with Crippen LogP contribution in [-0.2, 0) is 18.9 Å². The number of hydrogen-bond acceptors (Lipinski definition) is 6. The van der Waals surface area contributed by atoms with Crippen LogP contribution in [0.25, 0.3) is 0 Å². The number of aliphatic hydroxyl groups excluding tert-OH is 2. The molecule has 2 saturated heterocycles. The lowest BCUT2D eigenvalue weighted by Crippen LogP contribution is -2.59. The van der Waals surface area contributed by atoms with Crippen LogP contribution in [-0.4, -0.2) is 47.8 Å². The minimum absolute atomic E-state index is 0.215. The van der Waals surface area contributed by atoms with Gasteiger partial charge in [0.05, 0.1) is 13.2 Å². The minimum Gasteiger partial charge on any atom is -0.394 e. The van der Waals surface area contributed by atoms with Gasteiger partial charge >= 0.3 is 0 Å².